The number of rotatable bonds is 3. The van der Waals surface area contributed by atoms with Crippen molar-refractivity contribution in [3.8, 4) is 17.2 Å². The zero-order valence-corrected chi connectivity index (χ0v) is 15.6. The Hall–Kier alpha value is -2.31. The average Bonchev–Trinajstić information content (AvgIpc) is 2.60. The van der Waals surface area contributed by atoms with Crippen molar-refractivity contribution in [2.45, 2.75) is 0 Å². The number of carbonyl (C=O) groups excluding carboxylic acids is 2. The maximum atomic E-state index is 12.7. The van der Waals surface area contributed by atoms with E-state index in [0.29, 0.717) is 26.6 Å². The summed E-state index contributed by atoms with van der Waals surface area (Å²) in [7, 11) is 3.02. The Morgan fingerprint density at radius 1 is 1.08 bits per heavy atom. The fourth-order valence-corrected chi connectivity index (χ4v) is 3.15. The van der Waals surface area contributed by atoms with Crippen LogP contribution in [0.3, 0.4) is 0 Å². The van der Waals surface area contributed by atoms with Crippen LogP contribution in [0.1, 0.15) is 15.9 Å². The highest BCUT2D eigenvalue weighted by Gasteiger charge is 2.31. The molecular weight excluding hydrogens is 412 g/mol. The summed E-state index contributed by atoms with van der Waals surface area (Å²) in [5.41, 5.74) is 0.707. The lowest BCUT2D eigenvalue weighted by molar-refractivity contribution is -0.130. The van der Waals surface area contributed by atoms with Crippen molar-refractivity contribution in [1.29, 1.82) is 0 Å². The predicted octanol–water partition coefficient (Wildman–Crippen LogP) is 4.31. The maximum Gasteiger partial charge on any atom is 0.347 e. The predicted molar refractivity (Wildman–Crippen MR) is 96.6 cm³/mol. The van der Waals surface area contributed by atoms with Gasteiger partial charge in [0.05, 0.1) is 19.8 Å². The molecule has 0 fully saturated rings. The van der Waals surface area contributed by atoms with E-state index in [9.17, 15) is 9.59 Å². The van der Waals surface area contributed by atoms with E-state index < -0.39 is 11.8 Å². The number of ketones is 1. The molecule has 25 heavy (non-hydrogen) atoms. The quantitative estimate of drug-likeness (QED) is 0.319. The number of ether oxygens (including phenoxy) is 3. The monoisotopic (exact) mass is 422 g/mol. The molecule has 0 bridgehead atoms. The van der Waals surface area contributed by atoms with Crippen molar-refractivity contribution in [2.75, 3.05) is 14.2 Å². The third-order valence-electron chi connectivity index (χ3n) is 3.63. The molecule has 2 aromatic carbocycles. The number of fused-ring (bicyclic) bond motifs is 1. The van der Waals surface area contributed by atoms with E-state index in [1.165, 1.54) is 32.4 Å². The lowest BCUT2D eigenvalue weighted by atomic mass is 9.98. The standard InChI is InChI=1S/C18H12BrClO5/c1-23-14-6-9(7-15(24-2)16(14)19)5-12-17(21)11-8-10(20)3-4-13(11)25-18(12)22/h3-8H,1-2H3/b12-5-. The van der Waals surface area contributed by atoms with E-state index in [1.54, 1.807) is 18.2 Å². The molecule has 0 aliphatic carbocycles. The molecule has 0 spiro atoms. The molecule has 0 N–H and O–H groups in total. The SMILES string of the molecule is COc1cc(/C=C2\C(=O)Oc3ccc(Cl)cc3C2=O)cc(OC)c1Br. The first-order valence-electron chi connectivity index (χ1n) is 7.14. The van der Waals surface area contributed by atoms with Gasteiger partial charge in [0, 0.05) is 5.02 Å². The molecule has 0 saturated heterocycles. The number of methoxy groups -OCH3 is 2. The summed E-state index contributed by atoms with van der Waals surface area (Å²) in [4.78, 5) is 24.9. The Morgan fingerprint density at radius 2 is 1.72 bits per heavy atom. The zero-order valence-electron chi connectivity index (χ0n) is 13.3. The second kappa shape index (κ2) is 6.90. The van der Waals surface area contributed by atoms with Crippen LogP contribution in [0.5, 0.6) is 17.2 Å². The van der Waals surface area contributed by atoms with Crippen LogP contribution in [0.2, 0.25) is 5.02 Å². The first-order chi connectivity index (χ1) is 11.9. The molecule has 0 unspecified atom stereocenters. The summed E-state index contributed by atoms with van der Waals surface area (Å²) in [6, 6.07) is 7.87. The summed E-state index contributed by atoms with van der Waals surface area (Å²) in [5.74, 6) is 0.0373. The number of hydrogen-bond donors (Lipinski definition) is 0. The average molecular weight is 424 g/mol. The van der Waals surface area contributed by atoms with E-state index in [2.05, 4.69) is 15.9 Å². The van der Waals surface area contributed by atoms with E-state index in [1.807, 2.05) is 0 Å². The van der Waals surface area contributed by atoms with Gasteiger partial charge in [-0.3, -0.25) is 4.79 Å². The molecule has 1 aliphatic heterocycles. The Bertz CT molecular complexity index is 895. The highest BCUT2D eigenvalue weighted by molar-refractivity contribution is 9.10. The highest BCUT2D eigenvalue weighted by Crippen LogP contribution is 2.37. The van der Waals surface area contributed by atoms with Gasteiger partial charge in [0.25, 0.3) is 0 Å². The van der Waals surface area contributed by atoms with Gasteiger partial charge in [-0.05, 0) is 57.9 Å². The summed E-state index contributed by atoms with van der Waals surface area (Å²) in [6.07, 6.45) is 1.44. The molecule has 0 amide bonds. The molecule has 128 valence electrons. The van der Waals surface area contributed by atoms with Gasteiger partial charge in [0.2, 0.25) is 5.78 Å². The minimum atomic E-state index is -0.722. The second-order valence-electron chi connectivity index (χ2n) is 5.16. The Morgan fingerprint density at radius 3 is 2.32 bits per heavy atom. The van der Waals surface area contributed by atoms with Gasteiger partial charge >= 0.3 is 5.97 Å². The van der Waals surface area contributed by atoms with E-state index in [0.717, 1.165) is 0 Å². The Balaban J connectivity index is 2.10. The molecule has 3 rings (SSSR count). The summed E-state index contributed by atoms with van der Waals surface area (Å²) in [6.45, 7) is 0. The van der Waals surface area contributed by atoms with Crippen LogP contribution in [-0.2, 0) is 4.79 Å². The topological polar surface area (TPSA) is 61.8 Å². The van der Waals surface area contributed by atoms with Crippen LogP contribution in [0.4, 0.5) is 0 Å². The van der Waals surface area contributed by atoms with E-state index in [4.69, 9.17) is 25.8 Å². The van der Waals surface area contributed by atoms with Crippen LogP contribution < -0.4 is 14.2 Å². The molecule has 2 aromatic rings. The number of halogens is 2. The molecule has 0 aromatic heterocycles. The van der Waals surface area contributed by atoms with Crippen molar-refractivity contribution in [1.82, 2.24) is 0 Å². The van der Waals surface area contributed by atoms with Crippen LogP contribution >= 0.6 is 27.5 Å². The van der Waals surface area contributed by atoms with Crippen molar-refractivity contribution in [2.24, 2.45) is 0 Å². The summed E-state index contributed by atoms with van der Waals surface area (Å²) in [5, 5.41) is 0.386. The van der Waals surface area contributed by atoms with Crippen molar-refractivity contribution < 1.29 is 23.8 Å². The normalized spacial score (nSPS) is 15.0. The van der Waals surface area contributed by atoms with Crippen molar-refractivity contribution in [3.05, 3.63) is 56.5 Å². The number of esters is 1. The van der Waals surface area contributed by atoms with Crippen LogP contribution in [-0.4, -0.2) is 26.0 Å². The first-order valence-corrected chi connectivity index (χ1v) is 8.31. The first kappa shape index (κ1) is 17.5. The minimum absolute atomic E-state index is 0.0961. The lowest BCUT2D eigenvalue weighted by Crippen LogP contribution is -2.25. The number of benzene rings is 2. The summed E-state index contributed by atoms with van der Waals surface area (Å²) >= 11 is 9.30. The lowest BCUT2D eigenvalue weighted by Gasteiger charge is -2.17. The molecule has 0 atom stereocenters. The third kappa shape index (κ3) is 3.27. The Kier molecular flexibility index (Phi) is 4.83. The molecule has 1 aliphatic rings. The van der Waals surface area contributed by atoms with Gasteiger partial charge in [-0.25, -0.2) is 4.79 Å². The van der Waals surface area contributed by atoms with E-state index >= 15 is 0 Å². The van der Waals surface area contributed by atoms with Gasteiger partial charge in [0.15, 0.2) is 0 Å². The van der Waals surface area contributed by atoms with Gasteiger partial charge in [0.1, 0.15) is 27.3 Å². The second-order valence-corrected chi connectivity index (χ2v) is 6.39. The van der Waals surface area contributed by atoms with E-state index in [-0.39, 0.29) is 16.9 Å². The highest BCUT2D eigenvalue weighted by atomic mass is 79.9. The summed E-state index contributed by atoms with van der Waals surface area (Å²) < 4.78 is 16.4. The van der Waals surface area contributed by atoms with Crippen molar-refractivity contribution >= 4 is 45.4 Å². The van der Waals surface area contributed by atoms with Gasteiger partial charge in [-0.15, -0.1) is 0 Å². The van der Waals surface area contributed by atoms with Crippen molar-refractivity contribution in [3.63, 3.8) is 0 Å². The number of Topliss-reactive ketones (excluding diaryl/α,β-unsaturated/α-hetero) is 1. The van der Waals surface area contributed by atoms with Gasteiger partial charge < -0.3 is 14.2 Å². The van der Waals surface area contributed by atoms with Crippen LogP contribution in [0.25, 0.3) is 6.08 Å². The smallest absolute Gasteiger partial charge is 0.347 e. The van der Waals surface area contributed by atoms with Crippen LogP contribution in [0.15, 0.2) is 40.4 Å². The van der Waals surface area contributed by atoms with Gasteiger partial charge in [-0.2, -0.15) is 0 Å². The fourth-order valence-electron chi connectivity index (χ4n) is 2.43. The molecule has 1 heterocycles. The molecule has 0 radical (unpaired) electrons. The third-order valence-corrected chi connectivity index (χ3v) is 4.65. The molecular formula is C18H12BrClO5. The number of hydrogen-bond acceptors (Lipinski definition) is 5. The van der Waals surface area contributed by atoms with Gasteiger partial charge in [-0.1, -0.05) is 11.6 Å². The Labute approximate surface area is 157 Å². The number of carbonyl (C=O) groups is 2. The zero-order chi connectivity index (χ0) is 18.1. The minimum Gasteiger partial charge on any atom is -0.495 e. The molecule has 5 nitrogen and oxygen atoms in total. The molecule has 0 saturated carbocycles. The van der Waals surface area contributed by atoms with Crippen LogP contribution in [0, 0.1) is 0 Å². The fraction of sp³-hybridized carbons (Fsp3) is 0.111. The largest absolute Gasteiger partial charge is 0.495 e. The molecule has 7 heteroatoms. The maximum absolute atomic E-state index is 12.7.